The van der Waals surface area contributed by atoms with Crippen molar-refractivity contribution >= 4 is 50.4 Å². The van der Waals surface area contributed by atoms with Gasteiger partial charge in [0, 0.05) is 12.0 Å². The van der Waals surface area contributed by atoms with Crippen LogP contribution in [0.25, 0.3) is 0 Å². The summed E-state index contributed by atoms with van der Waals surface area (Å²) in [5.74, 6) is 0. The zero-order valence-electron chi connectivity index (χ0n) is 5.69. The molecule has 0 aliphatic rings. The Labute approximate surface area is 96.1 Å². The molecule has 58 valence electrons. The average Bonchev–Trinajstić information content (AvgIpc) is 1.88. The van der Waals surface area contributed by atoms with Crippen molar-refractivity contribution < 1.29 is 9.46 Å². The molecule has 0 radical (unpaired) electrons. The van der Waals surface area contributed by atoms with Crippen LogP contribution >= 0.6 is 7.37 Å². The Bertz CT molecular complexity index is 254. The molecule has 1 rings (SSSR count). The molecular formula is C7H11CaO2P. The van der Waals surface area contributed by atoms with Crippen molar-refractivity contribution in [1.82, 2.24) is 0 Å². The van der Waals surface area contributed by atoms with E-state index in [1.807, 2.05) is 6.07 Å². The Hall–Kier alpha value is 0.670. The van der Waals surface area contributed by atoms with E-state index in [0.29, 0.717) is 5.30 Å². The third-order valence-corrected chi connectivity index (χ3v) is 2.49. The second-order valence-electron chi connectivity index (χ2n) is 2.21. The van der Waals surface area contributed by atoms with E-state index in [2.05, 4.69) is 0 Å². The van der Waals surface area contributed by atoms with E-state index in [-0.39, 0.29) is 37.7 Å². The average molecular weight is 198 g/mol. The maximum absolute atomic E-state index is 11.0. The van der Waals surface area contributed by atoms with E-state index < -0.39 is 7.37 Å². The molecule has 1 atom stereocenters. The molecule has 0 fully saturated rings. The third kappa shape index (κ3) is 3.73. The van der Waals surface area contributed by atoms with Crippen molar-refractivity contribution in [3.8, 4) is 0 Å². The Morgan fingerprint density at radius 1 is 1.27 bits per heavy atom. The van der Waals surface area contributed by atoms with E-state index in [4.69, 9.17) is 4.89 Å². The summed E-state index contributed by atoms with van der Waals surface area (Å²) in [7, 11) is -3.02. The van der Waals surface area contributed by atoms with Gasteiger partial charge in [-0.2, -0.15) is 0 Å². The fourth-order valence-corrected chi connectivity index (χ4v) is 1.43. The summed E-state index contributed by atoms with van der Waals surface area (Å²) < 4.78 is 11.0. The van der Waals surface area contributed by atoms with Gasteiger partial charge in [-0.15, -0.1) is 0 Å². The summed E-state index contributed by atoms with van der Waals surface area (Å²) in [5, 5.41) is 0.509. The zero-order valence-corrected chi connectivity index (χ0v) is 6.58. The third-order valence-electron chi connectivity index (χ3n) is 1.24. The van der Waals surface area contributed by atoms with Gasteiger partial charge in [-0.05, 0) is 12.1 Å². The molecule has 0 saturated heterocycles. The summed E-state index contributed by atoms with van der Waals surface area (Å²) in [6.07, 6.45) is 0. The van der Waals surface area contributed by atoms with Gasteiger partial charge in [0.2, 0.25) is 7.37 Å². The monoisotopic (exact) mass is 198 g/mol. The topological polar surface area (TPSA) is 37.3 Å². The van der Waals surface area contributed by atoms with Crippen LogP contribution in [0, 0.1) is 0 Å². The van der Waals surface area contributed by atoms with Crippen molar-refractivity contribution in [2.24, 2.45) is 0 Å². The normalized spacial score (nSPS) is 14.7. The van der Waals surface area contributed by atoms with Crippen molar-refractivity contribution in [3.05, 3.63) is 30.3 Å². The van der Waals surface area contributed by atoms with Crippen LogP contribution in [0.1, 0.15) is 0 Å². The van der Waals surface area contributed by atoms with E-state index in [0.717, 1.165) is 0 Å². The van der Waals surface area contributed by atoms with E-state index in [1.54, 1.807) is 24.3 Å². The number of hydrogen-bond acceptors (Lipinski definition) is 1. The van der Waals surface area contributed by atoms with E-state index in [1.165, 1.54) is 6.66 Å². The predicted molar refractivity (Wildman–Crippen MR) is 50.4 cm³/mol. The first-order valence-corrected chi connectivity index (χ1v) is 5.07. The summed E-state index contributed by atoms with van der Waals surface area (Å²) >= 11 is 0. The second kappa shape index (κ2) is 4.64. The molecule has 0 saturated carbocycles. The molecule has 0 aliphatic carbocycles. The SMILES string of the molecule is CP(=O)(O)c1ccccc1.[CaH2]. The summed E-state index contributed by atoms with van der Waals surface area (Å²) in [6.45, 7) is 1.34. The molecule has 4 heteroatoms. The van der Waals surface area contributed by atoms with Gasteiger partial charge in [0.1, 0.15) is 0 Å². The minimum absolute atomic E-state index is 0. The van der Waals surface area contributed by atoms with Crippen molar-refractivity contribution in [2.75, 3.05) is 6.66 Å². The molecule has 0 aliphatic heterocycles. The molecule has 0 amide bonds. The zero-order chi connectivity index (χ0) is 7.61. The van der Waals surface area contributed by atoms with Gasteiger partial charge >= 0.3 is 37.7 Å². The fourth-order valence-electron chi connectivity index (χ4n) is 0.705. The maximum atomic E-state index is 11.0. The molecule has 1 aromatic carbocycles. The van der Waals surface area contributed by atoms with Crippen molar-refractivity contribution in [3.63, 3.8) is 0 Å². The minimum atomic E-state index is -3.02. The standard InChI is InChI=1S/C7H9O2P.Ca.2H/c1-10(8,9)7-5-3-2-4-6-7;;;/h2-6H,1H3,(H,8,9);;;. The van der Waals surface area contributed by atoms with Gasteiger partial charge in [0.25, 0.3) is 0 Å². The van der Waals surface area contributed by atoms with Crippen LogP contribution in [-0.4, -0.2) is 49.3 Å². The number of rotatable bonds is 1. The molecule has 1 N–H and O–H groups in total. The number of benzene rings is 1. The molecule has 0 bridgehead atoms. The van der Waals surface area contributed by atoms with Crippen LogP contribution < -0.4 is 5.30 Å². The van der Waals surface area contributed by atoms with Gasteiger partial charge in [-0.1, -0.05) is 18.2 Å². The van der Waals surface area contributed by atoms with E-state index in [9.17, 15) is 4.57 Å². The molecule has 2 nitrogen and oxygen atoms in total. The number of hydrogen-bond donors (Lipinski definition) is 1. The van der Waals surface area contributed by atoms with Gasteiger partial charge in [0.15, 0.2) is 0 Å². The Morgan fingerprint density at radius 2 is 1.73 bits per heavy atom. The van der Waals surface area contributed by atoms with Crippen molar-refractivity contribution in [1.29, 1.82) is 0 Å². The summed E-state index contributed by atoms with van der Waals surface area (Å²) in [5.41, 5.74) is 0. The first kappa shape index (κ1) is 11.7. The van der Waals surface area contributed by atoms with Gasteiger partial charge in [0.05, 0.1) is 0 Å². The summed E-state index contributed by atoms with van der Waals surface area (Å²) in [4.78, 5) is 9.04. The molecule has 0 heterocycles. The molecule has 1 aromatic rings. The second-order valence-corrected chi connectivity index (χ2v) is 4.49. The first-order valence-electron chi connectivity index (χ1n) is 2.96. The Balaban J connectivity index is 0.000001000. The van der Waals surface area contributed by atoms with Gasteiger partial charge in [-0.3, -0.25) is 4.57 Å². The molecule has 0 spiro atoms. The quantitative estimate of drug-likeness (QED) is 0.520. The van der Waals surface area contributed by atoms with E-state index >= 15 is 0 Å². The summed E-state index contributed by atoms with van der Waals surface area (Å²) in [6, 6.07) is 8.63. The van der Waals surface area contributed by atoms with Crippen molar-refractivity contribution in [2.45, 2.75) is 0 Å². The van der Waals surface area contributed by atoms with Crippen LogP contribution in [-0.2, 0) is 4.57 Å². The van der Waals surface area contributed by atoms with Gasteiger partial charge in [-0.25, -0.2) is 0 Å². The van der Waals surface area contributed by atoms with Gasteiger partial charge < -0.3 is 4.89 Å². The Kier molecular flexibility index (Phi) is 4.92. The molecule has 1 unspecified atom stereocenters. The Morgan fingerprint density at radius 3 is 2.00 bits per heavy atom. The van der Waals surface area contributed by atoms with Crippen LogP contribution in [0.4, 0.5) is 0 Å². The van der Waals surface area contributed by atoms with Crippen LogP contribution in [0.3, 0.4) is 0 Å². The first-order chi connectivity index (χ1) is 4.61. The van der Waals surface area contributed by atoms with Crippen LogP contribution in [0.2, 0.25) is 0 Å². The fraction of sp³-hybridized carbons (Fsp3) is 0.143. The van der Waals surface area contributed by atoms with Crippen LogP contribution in [0.5, 0.6) is 0 Å². The predicted octanol–water partition coefficient (Wildman–Crippen LogP) is 0.296. The van der Waals surface area contributed by atoms with Crippen LogP contribution in [0.15, 0.2) is 30.3 Å². The molecule has 11 heavy (non-hydrogen) atoms. The molecule has 0 aromatic heterocycles. The molecular weight excluding hydrogens is 187 g/mol.